The average molecular weight is 237 g/mol. The second-order valence-electron chi connectivity index (χ2n) is 3.52. The van der Waals surface area contributed by atoms with Crippen molar-refractivity contribution in [2.45, 2.75) is 20.8 Å². The molecule has 0 bridgehead atoms. The molecule has 7 nitrogen and oxygen atoms in total. The number of amides is 1. The molecule has 0 aromatic heterocycles. The summed E-state index contributed by atoms with van der Waals surface area (Å²) in [6.07, 6.45) is 0. The van der Waals surface area contributed by atoms with Crippen molar-refractivity contribution >= 4 is 17.3 Å². The van der Waals surface area contributed by atoms with E-state index in [2.05, 4.69) is 5.29 Å². The quantitative estimate of drug-likeness (QED) is 0.457. The van der Waals surface area contributed by atoms with E-state index in [1.165, 1.54) is 19.1 Å². The molecule has 1 rings (SSSR count). The number of hydrogen-bond donors (Lipinski definition) is 0. The van der Waals surface area contributed by atoms with E-state index in [4.69, 9.17) is 0 Å². The number of rotatable bonds is 3. The molecule has 1 amide bonds. The zero-order valence-electron chi connectivity index (χ0n) is 9.63. The maximum absolute atomic E-state index is 11.2. The molecule has 0 aliphatic rings. The van der Waals surface area contributed by atoms with Crippen LogP contribution in [0.2, 0.25) is 0 Å². The Morgan fingerprint density at radius 2 is 1.94 bits per heavy atom. The van der Waals surface area contributed by atoms with E-state index < -0.39 is 10.8 Å². The summed E-state index contributed by atoms with van der Waals surface area (Å²) < 4.78 is 0. The molecular formula is C10H11N3O4. The van der Waals surface area contributed by atoms with Gasteiger partial charge in [-0.1, -0.05) is 0 Å². The molecule has 0 atom stereocenters. The second-order valence-corrected chi connectivity index (χ2v) is 3.52. The Morgan fingerprint density at radius 3 is 2.35 bits per heavy atom. The van der Waals surface area contributed by atoms with Gasteiger partial charge >= 0.3 is 0 Å². The average Bonchev–Trinajstić information content (AvgIpc) is 2.24. The Kier molecular flexibility index (Phi) is 3.52. The summed E-state index contributed by atoms with van der Waals surface area (Å²) >= 11 is 0. The minimum absolute atomic E-state index is 0.0550. The van der Waals surface area contributed by atoms with Gasteiger partial charge in [0.2, 0.25) is 5.91 Å². The summed E-state index contributed by atoms with van der Waals surface area (Å²) in [7, 11) is 0. The standard InChI is InChI=1S/C10H11N3O4/c1-6-7(2)10(13(16)17)5-4-9(6)12(11-15)8(3)14/h4-5H,1-3H3. The van der Waals surface area contributed by atoms with E-state index in [0.717, 1.165) is 0 Å². The molecule has 17 heavy (non-hydrogen) atoms. The molecule has 0 saturated carbocycles. The topological polar surface area (TPSA) is 92.9 Å². The summed E-state index contributed by atoms with van der Waals surface area (Å²) in [5.41, 5.74) is 1.09. The lowest BCUT2D eigenvalue weighted by Crippen LogP contribution is -2.22. The number of hydrogen-bond acceptors (Lipinski definition) is 5. The van der Waals surface area contributed by atoms with Crippen LogP contribution in [0.25, 0.3) is 0 Å². The molecule has 90 valence electrons. The lowest BCUT2D eigenvalue weighted by molar-refractivity contribution is -0.385. The van der Waals surface area contributed by atoms with Gasteiger partial charge in [-0.25, -0.2) is 0 Å². The van der Waals surface area contributed by atoms with Gasteiger partial charge in [0.1, 0.15) is 0 Å². The number of benzene rings is 1. The second kappa shape index (κ2) is 4.69. The van der Waals surface area contributed by atoms with E-state index in [-0.39, 0.29) is 11.4 Å². The Balaban J connectivity index is 3.39. The van der Waals surface area contributed by atoms with Gasteiger partial charge in [-0.15, -0.1) is 4.91 Å². The molecule has 0 aliphatic heterocycles. The highest BCUT2D eigenvalue weighted by atomic mass is 16.6. The van der Waals surface area contributed by atoms with Crippen LogP contribution in [-0.4, -0.2) is 10.8 Å². The van der Waals surface area contributed by atoms with Crippen LogP contribution >= 0.6 is 0 Å². The molecule has 0 spiro atoms. The number of carbonyl (C=O) groups excluding carboxylic acids is 1. The fourth-order valence-corrected chi connectivity index (χ4v) is 1.49. The summed E-state index contributed by atoms with van der Waals surface area (Å²) in [5, 5.41) is 14.0. The maximum atomic E-state index is 11.2. The van der Waals surface area contributed by atoms with Crippen molar-refractivity contribution in [2.24, 2.45) is 5.29 Å². The fourth-order valence-electron chi connectivity index (χ4n) is 1.49. The van der Waals surface area contributed by atoms with Crippen molar-refractivity contribution in [1.29, 1.82) is 0 Å². The highest BCUT2D eigenvalue weighted by Gasteiger charge is 2.20. The van der Waals surface area contributed by atoms with E-state index in [1.54, 1.807) is 13.8 Å². The van der Waals surface area contributed by atoms with Crippen LogP contribution in [0.1, 0.15) is 18.1 Å². The Labute approximate surface area is 97.1 Å². The van der Waals surface area contributed by atoms with Crippen molar-refractivity contribution < 1.29 is 9.72 Å². The number of nitrogens with zero attached hydrogens (tertiary/aromatic N) is 3. The van der Waals surface area contributed by atoms with Gasteiger partial charge in [0.15, 0.2) is 0 Å². The molecule has 0 fully saturated rings. The Morgan fingerprint density at radius 1 is 1.35 bits per heavy atom. The molecule has 0 N–H and O–H groups in total. The molecule has 1 aromatic rings. The van der Waals surface area contributed by atoms with Crippen LogP contribution < -0.4 is 5.01 Å². The minimum atomic E-state index is -0.545. The first-order valence-corrected chi connectivity index (χ1v) is 4.78. The van der Waals surface area contributed by atoms with E-state index in [9.17, 15) is 19.8 Å². The van der Waals surface area contributed by atoms with Crippen molar-refractivity contribution in [3.63, 3.8) is 0 Å². The van der Waals surface area contributed by atoms with E-state index in [1.807, 2.05) is 0 Å². The first kappa shape index (κ1) is 12.8. The van der Waals surface area contributed by atoms with Gasteiger partial charge in [0.25, 0.3) is 5.69 Å². The van der Waals surface area contributed by atoms with Crippen LogP contribution in [0.15, 0.2) is 17.4 Å². The third-order valence-corrected chi connectivity index (χ3v) is 2.53. The first-order chi connectivity index (χ1) is 7.90. The van der Waals surface area contributed by atoms with Crippen LogP contribution in [0, 0.1) is 28.9 Å². The van der Waals surface area contributed by atoms with Crippen molar-refractivity contribution in [2.75, 3.05) is 5.01 Å². The predicted molar refractivity (Wildman–Crippen MR) is 61.5 cm³/mol. The van der Waals surface area contributed by atoms with Gasteiger partial charge in [-0.2, -0.15) is 5.01 Å². The lowest BCUT2D eigenvalue weighted by Gasteiger charge is -2.15. The van der Waals surface area contributed by atoms with Gasteiger partial charge in [-0.05, 0) is 25.5 Å². The predicted octanol–water partition coefficient (Wildman–Crippen LogP) is 2.25. The molecule has 0 saturated heterocycles. The van der Waals surface area contributed by atoms with Gasteiger partial charge in [0.05, 0.1) is 15.9 Å². The summed E-state index contributed by atoms with van der Waals surface area (Å²) in [6.45, 7) is 4.34. The highest BCUT2D eigenvalue weighted by molar-refractivity contribution is 5.92. The Hall–Kier alpha value is -2.31. The number of nitro benzene ring substituents is 1. The molecule has 0 aliphatic carbocycles. The normalized spacial score (nSPS) is 9.82. The number of anilines is 1. The minimum Gasteiger partial charge on any atom is -0.273 e. The molecule has 1 aromatic carbocycles. The SMILES string of the molecule is CC(=O)N(N=O)c1ccc([N+](=O)[O-])c(C)c1C. The van der Waals surface area contributed by atoms with Gasteiger partial charge < -0.3 is 0 Å². The smallest absolute Gasteiger partial charge is 0.272 e. The Bertz CT molecular complexity index is 499. The first-order valence-electron chi connectivity index (χ1n) is 4.78. The maximum Gasteiger partial charge on any atom is 0.272 e. The third kappa shape index (κ3) is 2.27. The van der Waals surface area contributed by atoms with Crippen LogP contribution in [0.4, 0.5) is 11.4 Å². The molecular weight excluding hydrogens is 226 g/mol. The van der Waals surface area contributed by atoms with Crippen LogP contribution in [0.5, 0.6) is 0 Å². The molecule has 0 unspecified atom stereocenters. The van der Waals surface area contributed by atoms with E-state index >= 15 is 0 Å². The largest absolute Gasteiger partial charge is 0.273 e. The third-order valence-electron chi connectivity index (χ3n) is 2.53. The van der Waals surface area contributed by atoms with Gasteiger partial charge in [0, 0.05) is 18.6 Å². The number of nitro groups is 1. The molecule has 7 heteroatoms. The number of carbonyl (C=O) groups is 1. The fraction of sp³-hybridized carbons (Fsp3) is 0.300. The lowest BCUT2D eigenvalue weighted by atomic mass is 10.1. The van der Waals surface area contributed by atoms with Crippen molar-refractivity contribution in [3.8, 4) is 0 Å². The zero-order chi connectivity index (χ0) is 13.2. The highest BCUT2D eigenvalue weighted by Crippen LogP contribution is 2.29. The van der Waals surface area contributed by atoms with Crippen LogP contribution in [0.3, 0.4) is 0 Å². The summed E-state index contributed by atoms with van der Waals surface area (Å²) in [4.78, 5) is 31.9. The van der Waals surface area contributed by atoms with Gasteiger partial charge in [-0.3, -0.25) is 14.9 Å². The van der Waals surface area contributed by atoms with Crippen LogP contribution in [-0.2, 0) is 4.79 Å². The van der Waals surface area contributed by atoms with Crippen molar-refractivity contribution in [1.82, 2.24) is 0 Å². The monoisotopic (exact) mass is 237 g/mol. The van der Waals surface area contributed by atoms with E-state index in [0.29, 0.717) is 16.1 Å². The summed E-state index contributed by atoms with van der Waals surface area (Å²) in [5.74, 6) is -0.545. The van der Waals surface area contributed by atoms with Crippen molar-refractivity contribution in [3.05, 3.63) is 38.3 Å². The summed E-state index contributed by atoms with van der Waals surface area (Å²) in [6, 6.07) is 2.59. The zero-order valence-corrected chi connectivity index (χ0v) is 9.63. The molecule has 0 heterocycles. The number of nitroso groups, excluding NO2 is 1. The molecule has 0 radical (unpaired) electrons.